The standard InChI is InChI=1S/C37H32F2N8O3/c1-18(2)33-42-26-7-5-6-8-28(26)46(33)23-12-21(31-25(16-23)37(38,39)36(50)45-31)11-19(3)34-43-27-14-20(35(49)40-4)9-10-29(27)47(34)24-13-22-15-30(48)44-32(22)41-17-24/h5-10,12-14,16-19H,11,15H2,1-4H3,(H,40,49)(H,45,50)(H,41,44,48). The summed E-state index contributed by atoms with van der Waals surface area (Å²) in [6.45, 7) is 5.92. The van der Waals surface area contributed by atoms with Crippen molar-refractivity contribution in [2.75, 3.05) is 17.7 Å². The normalized spacial score (nSPS) is 15.3. The Bertz CT molecular complexity index is 2430. The molecule has 0 saturated heterocycles. The lowest BCUT2D eigenvalue weighted by molar-refractivity contribution is -0.139. The number of carbonyl (C=O) groups excluding carboxylic acids is 3. The monoisotopic (exact) mass is 674 g/mol. The highest BCUT2D eigenvalue weighted by molar-refractivity contribution is 6.05. The van der Waals surface area contributed by atoms with Crippen LogP contribution in [-0.2, 0) is 28.4 Å². The van der Waals surface area contributed by atoms with Crippen LogP contribution in [0.25, 0.3) is 33.4 Å². The Kier molecular flexibility index (Phi) is 7.07. The van der Waals surface area contributed by atoms with Gasteiger partial charge in [-0.1, -0.05) is 32.9 Å². The van der Waals surface area contributed by atoms with Crippen molar-refractivity contribution in [2.24, 2.45) is 0 Å². The van der Waals surface area contributed by atoms with Crippen LogP contribution < -0.4 is 16.0 Å². The van der Waals surface area contributed by atoms with Crippen molar-refractivity contribution in [1.29, 1.82) is 0 Å². The lowest BCUT2D eigenvalue weighted by Crippen LogP contribution is -2.23. The number of fused-ring (bicyclic) bond motifs is 4. The van der Waals surface area contributed by atoms with E-state index in [1.807, 2.05) is 66.3 Å². The molecule has 3 aromatic carbocycles. The Morgan fingerprint density at radius 2 is 1.66 bits per heavy atom. The van der Waals surface area contributed by atoms with E-state index in [0.717, 1.165) is 16.6 Å². The van der Waals surface area contributed by atoms with Crippen molar-refractivity contribution >= 4 is 51.3 Å². The molecule has 0 bridgehead atoms. The molecule has 1 unspecified atom stereocenters. The molecular weight excluding hydrogens is 642 g/mol. The summed E-state index contributed by atoms with van der Waals surface area (Å²) in [4.78, 5) is 51.6. The Morgan fingerprint density at radius 1 is 0.920 bits per heavy atom. The molecule has 3 aromatic heterocycles. The number of nitrogens with zero attached hydrogens (tertiary/aromatic N) is 5. The Hall–Kier alpha value is -5.98. The zero-order valence-electron chi connectivity index (χ0n) is 27.6. The maximum absolute atomic E-state index is 15.5. The minimum Gasteiger partial charge on any atom is -0.355 e. The largest absolute Gasteiger partial charge is 0.355 e. The number of para-hydroxylation sites is 2. The summed E-state index contributed by atoms with van der Waals surface area (Å²) in [6, 6.07) is 17.8. The van der Waals surface area contributed by atoms with Crippen LogP contribution >= 0.6 is 0 Å². The highest BCUT2D eigenvalue weighted by atomic mass is 19.3. The lowest BCUT2D eigenvalue weighted by atomic mass is 9.95. The van der Waals surface area contributed by atoms with Crippen LogP contribution in [-0.4, -0.2) is 48.9 Å². The number of aromatic nitrogens is 5. The van der Waals surface area contributed by atoms with Crippen LogP contribution in [0.4, 0.5) is 20.3 Å². The van der Waals surface area contributed by atoms with E-state index in [9.17, 15) is 14.4 Å². The predicted octanol–water partition coefficient (Wildman–Crippen LogP) is 6.13. The summed E-state index contributed by atoms with van der Waals surface area (Å²) in [5, 5.41) is 7.85. The first-order valence-corrected chi connectivity index (χ1v) is 16.3. The number of rotatable bonds is 7. The van der Waals surface area contributed by atoms with Gasteiger partial charge in [-0.05, 0) is 60.5 Å². The van der Waals surface area contributed by atoms with Crippen LogP contribution in [0, 0.1) is 0 Å². The third-order valence-electron chi connectivity index (χ3n) is 9.38. The van der Waals surface area contributed by atoms with E-state index < -0.39 is 23.3 Å². The van der Waals surface area contributed by atoms with E-state index in [1.165, 1.54) is 6.07 Å². The van der Waals surface area contributed by atoms with Crippen LogP contribution in [0.1, 0.15) is 71.3 Å². The second-order valence-electron chi connectivity index (χ2n) is 13.1. The number of pyridine rings is 1. The predicted molar refractivity (Wildman–Crippen MR) is 184 cm³/mol. The fraction of sp³-hybridized carbons (Fsp3) is 0.243. The number of benzene rings is 3. The first kappa shape index (κ1) is 31.3. The van der Waals surface area contributed by atoms with E-state index in [1.54, 1.807) is 31.4 Å². The van der Waals surface area contributed by atoms with Gasteiger partial charge in [0.15, 0.2) is 0 Å². The molecule has 3 amide bonds. The number of hydrogen-bond acceptors (Lipinski definition) is 6. The maximum Gasteiger partial charge on any atom is 0.352 e. The lowest BCUT2D eigenvalue weighted by Gasteiger charge is -2.20. The van der Waals surface area contributed by atoms with Crippen molar-refractivity contribution in [3.05, 3.63) is 101 Å². The molecular formula is C37H32F2N8O3. The van der Waals surface area contributed by atoms with Crippen molar-refractivity contribution in [3.8, 4) is 11.4 Å². The summed E-state index contributed by atoms with van der Waals surface area (Å²) in [6.07, 6.45) is 2.05. The topological polar surface area (TPSA) is 136 Å². The van der Waals surface area contributed by atoms with Crippen LogP contribution in [0.15, 0.2) is 66.9 Å². The van der Waals surface area contributed by atoms with E-state index >= 15 is 8.78 Å². The Labute approximate surface area is 284 Å². The fourth-order valence-electron chi connectivity index (χ4n) is 7.01. The number of carbonyl (C=O) groups is 3. The Morgan fingerprint density at radius 3 is 2.44 bits per heavy atom. The average Bonchev–Trinajstić information content (AvgIpc) is 3.84. The molecule has 252 valence electrons. The summed E-state index contributed by atoms with van der Waals surface area (Å²) in [7, 11) is 1.55. The van der Waals surface area contributed by atoms with Crippen molar-refractivity contribution in [3.63, 3.8) is 0 Å². The number of alkyl halides is 2. The molecule has 2 aliphatic heterocycles. The van der Waals surface area contributed by atoms with Crippen LogP contribution in [0.2, 0.25) is 0 Å². The Balaban J connectivity index is 1.30. The zero-order valence-corrected chi connectivity index (χ0v) is 27.6. The van der Waals surface area contributed by atoms with E-state index in [0.29, 0.717) is 51.0 Å². The van der Waals surface area contributed by atoms with Gasteiger partial charge in [-0.2, -0.15) is 8.78 Å². The second kappa shape index (κ2) is 11.3. The molecule has 6 aromatic rings. The summed E-state index contributed by atoms with van der Waals surface area (Å²) in [5.41, 5.74) is 5.24. The van der Waals surface area contributed by atoms with Crippen molar-refractivity contribution in [2.45, 2.75) is 51.4 Å². The highest BCUT2D eigenvalue weighted by Crippen LogP contribution is 2.45. The molecule has 3 N–H and O–H groups in total. The first-order valence-electron chi connectivity index (χ1n) is 16.3. The van der Waals surface area contributed by atoms with Crippen molar-refractivity contribution in [1.82, 2.24) is 29.4 Å². The van der Waals surface area contributed by atoms with Gasteiger partial charge < -0.3 is 16.0 Å². The van der Waals surface area contributed by atoms with E-state index in [-0.39, 0.29) is 36.3 Å². The quantitative estimate of drug-likeness (QED) is 0.187. The number of hydrogen-bond donors (Lipinski definition) is 3. The molecule has 0 radical (unpaired) electrons. The number of imidazole rings is 2. The molecule has 0 aliphatic carbocycles. The van der Waals surface area contributed by atoms with Gasteiger partial charge in [-0.25, -0.2) is 15.0 Å². The van der Waals surface area contributed by atoms with Gasteiger partial charge in [0, 0.05) is 35.7 Å². The van der Waals surface area contributed by atoms with Gasteiger partial charge in [-0.15, -0.1) is 0 Å². The molecule has 13 heteroatoms. The number of nitrogens with one attached hydrogen (secondary N) is 3. The van der Waals surface area contributed by atoms with Crippen LogP contribution in [0.3, 0.4) is 0 Å². The molecule has 0 fully saturated rings. The molecule has 2 aliphatic rings. The van der Waals surface area contributed by atoms with Crippen LogP contribution in [0.5, 0.6) is 0 Å². The fourth-order valence-corrected chi connectivity index (χ4v) is 7.01. The molecule has 50 heavy (non-hydrogen) atoms. The molecule has 0 saturated carbocycles. The SMILES string of the molecule is CNC(=O)c1ccc2c(c1)nc(C(C)Cc1cc(-n3c(C(C)C)nc4ccccc43)cc3c1NC(=O)C3(F)F)n2-c1cnc2c(c1)CC(=O)N2. The second-order valence-corrected chi connectivity index (χ2v) is 13.1. The number of anilines is 2. The van der Waals surface area contributed by atoms with E-state index in [2.05, 4.69) is 20.9 Å². The van der Waals surface area contributed by atoms with Gasteiger partial charge >= 0.3 is 5.92 Å². The van der Waals surface area contributed by atoms with E-state index in [4.69, 9.17) is 9.97 Å². The maximum atomic E-state index is 15.5. The average molecular weight is 675 g/mol. The first-order chi connectivity index (χ1) is 23.9. The van der Waals surface area contributed by atoms with Gasteiger partial charge in [0.2, 0.25) is 5.91 Å². The summed E-state index contributed by atoms with van der Waals surface area (Å²) in [5.74, 6) is -4.16. The zero-order chi connectivity index (χ0) is 35.1. The van der Waals surface area contributed by atoms with Gasteiger partial charge in [0.25, 0.3) is 11.8 Å². The third-order valence-corrected chi connectivity index (χ3v) is 9.38. The summed E-state index contributed by atoms with van der Waals surface area (Å²) >= 11 is 0. The van der Waals surface area contributed by atoms with Gasteiger partial charge in [0.05, 0.1) is 51.6 Å². The molecule has 8 rings (SSSR count). The number of amides is 3. The third kappa shape index (κ3) is 4.83. The van der Waals surface area contributed by atoms with Crippen molar-refractivity contribution < 1.29 is 23.2 Å². The highest BCUT2D eigenvalue weighted by Gasteiger charge is 2.49. The number of halogens is 2. The smallest absolute Gasteiger partial charge is 0.352 e. The molecule has 11 nitrogen and oxygen atoms in total. The molecule has 5 heterocycles. The minimum atomic E-state index is -3.73. The van der Waals surface area contributed by atoms with Gasteiger partial charge in [-0.3, -0.25) is 23.5 Å². The molecule has 0 spiro atoms. The molecule has 1 atom stereocenters. The van der Waals surface area contributed by atoms with Gasteiger partial charge in [0.1, 0.15) is 17.5 Å². The minimum absolute atomic E-state index is 0.0238. The summed E-state index contributed by atoms with van der Waals surface area (Å²) < 4.78 is 34.9.